The molecule has 0 bridgehead atoms. The van der Waals surface area contributed by atoms with Gasteiger partial charge in [-0.1, -0.05) is 200 Å². The molecule has 328 valence electrons. The molecule has 70 heavy (non-hydrogen) atoms. The van der Waals surface area contributed by atoms with Crippen LogP contribution in [0.4, 0.5) is 17.1 Å². The van der Waals surface area contributed by atoms with E-state index in [9.17, 15) is 0 Å². The first-order chi connectivity index (χ1) is 34.7. The summed E-state index contributed by atoms with van der Waals surface area (Å²) in [6, 6.07) is 98.5. The van der Waals surface area contributed by atoms with Gasteiger partial charge in [0.15, 0.2) is 0 Å². The zero-order chi connectivity index (χ0) is 46.2. The van der Waals surface area contributed by atoms with Gasteiger partial charge in [0.1, 0.15) is 0 Å². The minimum atomic E-state index is -0.522. The van der Waals surface area contributed by atoms with E-state index in [0.29, 0.717) is 0 Å². The highest BCUT2D eigenvalue weighted by atomic mass is 32.1. The number of benzene rings is 11. The van der Waals surface area contributed by atoms with Crippen molar-refractivity contribution in [3.05, 3.63) is 289 Å². The summed E-state index contributed by atoms with van der Waals surface area (Å²) >= 11 is 1.88. The quantitative estimate of drug-likeness (QED) is 0.147. The van der Waals surface area contributed by atoms with Crippen LogP contribution in [0.15, 0.2) is 267 Å². The summed E-state index contributed by atoms with van der Waals surface area (Å²) in [5, 5.41) is 5.15. The van der Waals surface area contributed by atoms with E-state index in [-0.39, 0.29) is 0 Å². The van der Waals surface area contributed by atoms with Gasteiger partial charge in [-0.3, -0.25) is 0 Å². The number of rotatable bonds is 8. The Morgan fingerprint density at radius 1 is 0.357 bits per heavy atom. The predicted molar refractivity (Wildman–Crippen MR) is 297 cm³/mol. The van der Waals surface area contributed by atoms with Gasteiger partial charge in [0, 0.05) is 53.6 Å². The average molecular weight is 909 g/mol. The maximum atomic E-state index is 2.47. The van der Waals surface area contributed by atoms with Gasteiger partial charge in [-0.15, -0.1) is 11.3 Å². The van der Waals surface area contributed by atoms with Crippen LogP contribution in [0.3, 0.4) is 0 Å². The van der Waals surface area contributed by atoms with Crippen LogP contribution in [0.2, 0.25) is 0 Å². The molecule has 2 heterocycles. The lowest BCUT2D eigenvalue weighted by atomic mass is 9.68. The fourth-order valence-corrected chi connectivity index (χ4v) is 12.9. The number of fused-ring (bicyclic) bond motifs is 9. The molecule has 2 aromatic heterocycles. The third kappa shape index (κ3) is 6.12. The lowest BCUT2D eigenvalue weighted by Gasteiger charge is -2.34. The summed E-state index contributed by atoms with van der Waals surface area (Å²) in [7, 11) is 0. The SMILES string of the molecule is c1ccc(C2(c3ccccc3)c3ccccc3-c3c(N(c4ccc(-c5cccc(-c6cccc7c6sc6ccccc67)c5)cc4)c4ccc(-n5c6ccccc6c6ccccc65)cc4)cccc32)cc1. The Morgan fingerprint density at radius 2 is 0.886 bits per heavy atom. The molecule has 0 atom stereocenters. The zero-order valence-corrected chi connectivity index (χ0v) is 39.0. The molecule has 2 nitrogen and oxygen atoms in total. The molecule has 0 radical (unpaired) electrons. The Hall–Kier alpha value is -8.76. The topological polar surface area (TPSA) is 8.17 Å². The standard InChI is InChI=1S/C67H44N2S/c1-3-20-48(21-4-1)67(49-22-5-2-6-23-49)59-30-11-7-27-58(59)65-60(67)31-17-34-63(65)68(51-40-42-52(43-41-51)69-61-32-12-8-24-54(61)55-25-9-13-33-62(55)69)50-38-36-45(37-39-50)46-18-15-19-47(44-46)53-28-16-29-57-56-26-10-14-35-64(56)70-66(53)57/h1-44H. The van der Waals surface area contributed by atoms with Crippen molar-refractivity contribution in [2.24, 2.45) is 0 Å². The summed E-state index contributed by atoms with van der Waals surface area (Å²) < 4.78 is 5.05. The zero-order valence-electron chi connectivity index (χ0n) is 38.2. The largest absolute Gasteiger partial charge is 0.310 e. The van der Waals surface area contributed by atoms with Crippen molar-refractivity contribution in [2.45, 2.75) is 5.41 Å². The summed E-state index contributed by atoms with van der Waals surface area (Å²) in [6.07, 6.45) is 0. The van der Waals surface area contributed by atoms with Crippen LogP contribution in [0.5, 0.6) is 0 Å². The molecule has 0 saturated heterocycles. The predicted octanol–water partition coefficient (Wildman–Crippen LogP) is 18.3. The van der Waals surface area contributed by atoms with Gasteiger partial charge in [0.2, 0.25) is 0 Å². The van der Waals surface area contributed by atoms with Crippen LogP contribution < -0.4 is 4.90 Å². The second-order valence-electron chi connectivity index (χ2n) is 18.4. The van der Waals surface area contributed by atoms with Crippen LogP contribution in [0, 0.1) is 0 Å². The van der Waals surface area contributed by atoms with E-state index in [2.05, 4.69) is 276 Å². The second-order valence-corrected chi connectivity index (χ2v) is 19.4. The first-order valence-electron chi connectivity index (χ1n) is 24.1. The molecule has 1 aliphatic rings. The molecule has 0 spiro atoms. The third-order valence-corrected chi connectivity index (χ3v) is 15.9. The van der Waals surface area contributed by atoms with Crippen LogP contribution in [0.1, 0.15) is 22.3 Å². The lowest BCUT2D eigenvalue weighted by Crippen LogP contribution is -2.28. The Bertz CT molecular complexity index is 4020. The fraction of sp³-hybridized carbons (Fsp3) is 0.0149. The van der Waals surface area contributed by atoms with Gasteiger partial charge in [0.05, 0.1) is 22.1 Å². The highest BCUT2D eigenvalue weighted by Crippen LogP contribution is 2.59. The molecule has 0 saturated carbocycles. The van der Waals surface area contributed by atoms with Crippen molar-refractivity contribution >= 4 is 70.4 Å². The molecule has 0 fully saturated rings. The molecule has 0 aliphatic heterocycles. The molecule has 11 aromatic carbocycles. The van der Waals surface area contributed by atoms with Crippen molar-refractivity contribution in [2.75, 3.05) is 4.90 Å². The molecule has 13 aromatic rings. The number of para-hydroxylation sites is 2. The second kappa shape index (κ2) is 16.2. The Kier molecular flexibility index (Phi) is 9.33. The molecule has 3 heteroatoms. The van der Waals surface area contributed by atoms with E-state index in [0.717, 1.165) is 22.7 Å². The highest BCUT2D eigenvalue weighted by molar-refractivity contribution is 7.26. The summed E-state index contributed by atoms with van der Waals surface area (Å²) in [5.74, 6) is 0. The van der Waals surface area contributed by atoms with Crippen LogP contribution in [-0.2, 0) is 5.41 Å². The van der Waals surface area contributed by atoms with Gasteiger partial charge in [0.25, 0.3) is 0 Å². The third-order valence-electron chi connectivity index (χ3n) is 14.7. The highest BCUT2D eigenvalue weighted by Gasteiger charge is 2.47. The molecule has 1 aliphatic carbocycles. The fourth-order valence-electron chi connectivity index (χ4n) is 11.7. The van der Waals surface area contributed by atoms with Crippen molar-refractivity contribution in [3.63, 3.8) is 0 Å². The number of hydrogen-bond donors (Lipinski definition) is 0. The van der Waals surface area contributed by atoms with Gasteiger partial charge in [-0.05, 0) is 117 Å². The first-order valence-corrected chi connectivity index (χ1v) is 24.9. The Labute approximate surface area is 411 Å². The number of nitrogens with zero attached hydrogens (tertiary/aromatic N) is 2. The van der Waals surface area contributed by atoms with Crippen molar-refractivity contribution in [3.8, 4) is 39.1 Å². The smallest absolute Gasteiger partial charge is 0.0714 e. The van der Waals surface area contributed by atoms with E-state index >= 15 is 0 Å². The van der Waals surface area contributed by atoms with Gasteiger partial charge in [-0.25, -0.2) is 0 Å². The maximum absolute atomic E-state index is 2.47. The van der Waals surface area contributed by atoms with Crippen LogP contribution >= 0.6 is 11.3 Å². The number of anilines is 3. The first kappa shape index (κ1) is 40.3. The Balaban J connectivity index is 0.943. The van der Waals surface area contributed by atoms with Gasteiger partial charge < -0.3 is 9.47 Å². The van der Waals surface area contributed by atoms with E-state index in [1.807, 2.05) is 11.3 Å². The van der Waals surface area contributed by atoms with E-state index in [1.54, 1.807) is 0 Å². The number of aromatic nitrogens is 1. The van der Waals surface area contributed by atoms with Gasteiger partial charge in [-0.2, -0.15) is 0 Å². The maximum Gasteiger partial charge on any atom is 0.0714 e. The summed E-state index contributed by atoms with van der Waals surface area (Å²) in [5.41, 5.74) is 18.7. The molecular weight excluding hydrogens is 865 g/mol. The number of hydrogen-bond acceptors (Lipinski definition) is 2. The van der Waals surface area contributed by atoms with E-state index < -0.39 is 5.41 Å². The molecule has 0 unspecified atom stereocenters. The van der Waals surface area contributed by atoms with Crippen LogP contribution in [0.25, 0.3) is 81.0 Å². The minimum absolute atomic E-state index is 0.522. The van der Waals surface area contributed by atoms with E-state index in [1.165, 1.54) is 97.6 Å². The molecule has 0 N–H and O–H groups in total. The van der Waals surface area contributed by atoms with Crippen molar-refractivity contribution < 1.29 is 0 Å². The molecule has 14 rings (SSSR count). The van der Waals surface area contributed by atoms with Crippen LogP contribution in [-0.4, -0.2) is 4.57 Å². The summed E-state index contributed by atoms with van der Waals surface area (Å²) in [4.78, 5) is 2.47. The lowest BCUT2D eigenvalue weighted by molar-refractivity contribution is 0.768. The molecular formula is C67H44N2S. The summed E-state index contributed by atoms with van der Waals surface area (Å²) in [6.45, 7) is 0. The van der Waals surface area contributed by atoms with Gasteiger partial charge >= 0.3 is 0 Å². The van der Waals surface area contributed by atoms with Crippen molar-refractivity contribution in [1.82, 2.24) is 4.57 Å². The molecule has 0 amide bonds. The van der Waals surface area contributed by atoms with E-state index in [4.69, 9.17) is 0 Å². The van der Waals surface area contributed by atoms with Crippen molar-refractivity contribution in [1.29, 1.82) is 0 Å². The minimum Gasteiger partial charge on any atom is -0.310 e. The monoisotopic (exact) mass is 908 g/mol. The normalized spacial score (nSPS) is 12.7. The average Bonchev–Trinajstić information content (AvgIpc) is 4.10. The number of thiophene rings is 1. The Morgan fingerprint density at radius 3 is 1.60 bits per heavy atom.